The van der Waals surface area contributed by atoms with Crippen LogP contribution >= 0.6 is 0 Å². The highest BCUT2D eigenvalue weighted by Crippen LogP contribution is 2.17. The maximum Gasteiger partial charge on any atom is 0.307 e. The molecule has 0 saturated carbocycles. The first kappa shape index (κ1) is 33.4. The second kappa shape index (κ2) is 27.0. The molecule has 35 heavy (non-hydrogen) atoms. The maximum atomic E-state index is 11.6. The first-order valence-corrected chi connectivity index (χ1v) is 14.8. The van der Waals surface area contributed by atoms with E-state index in [1.807, 2.05) is 0 Å². The van der Waals surface area contributed by atoms with Crippen molar-refractivity contribution in [1.82, 2.24) is 0 Å². The van der Waals surface area contributed by atoms with E-state index in [9.17, 15) is 14.7 Å². The van der Waals surface area contributed by atoms with Gasteiger partial charge in [0.15, 0.2) is 0 Å². The molecule has 1 unspecified atom stereocenters. The predicted octanol–water partition coefficient (Wildman–Crippen LogP) is 9.57. The summed E-state index contributed by atoms with van der Waals surface area (Å²) in [7, 11) is 0. The van der Waals surface area contributed by atoms with Crippen LogP contribution in [0.1, 0.15) is 148 Å². The highest BCUT2D eigenvalue weighted by atomic mass is 16.5. The van der Waals surface area contributed by atoms with Gasteiger partial charge < -0.3 is 9.84 Å². The number of carboxylic acids is 1. The highest BCUT2D eigenvalue weighted by molar-refractivity contribution is 5.78. The van der Waals surface area contributed by atoms with Gasteiger partial charge in [0.1, 0.15) is 6.61 Å². The lowest BCUT2D eigenvalue weighted by atomic mass is 9.97. The Bertz CT molecular complexity index is 526. The van der Waals surface area contributed by atoms with Gasteiger partial charge in [-0.3, -0.25) is 9.59 Å². The first-order valence-electron chi connectivity index (χ1n) is 14.8. The van der Waals surface area contributed by atoms with Gasteiger partial charge in [0.25, 0.3) is 0 Å². The third-order valence-corrected chi connectivity index (χ3v) is 6.69. The van der Waals surface area contributed by atoms with Gasteiger partial charge in [0.2, 0.25) is 0 Å². The Morgan fingerprint density at radius 2 is 1.14 bits per heavy atom. The second-order valence-electron chi connectivity index (χ2n) is 10.1. The van der Waals surface area contributed by atoms with Gasteiger partial charge in [-0.25, -0.2) is 0 Å². The number of carboxylic acid groups (broad SMARTS) is 1. The van der Waals surface area contributed by atoms with E-state index in [1.54, 1.807) is 0 Å². The smallest absolute Gasteiger partial charge is 0.307 e. The molecule has 0 aromatic carbocycles. The fourth-order valence-electron chi connectivity index (χ4n) is 4.42. The molecule has 0 saturated heterocycles. The van der Waals surface area contributed by atoms with Gasteiger partial charge in [-0.05, 0) is 32.1 Å². The number of rotatable bonds is 27. The Balaban J connectivity index is 3.39. The summed E-state index contributed by atoms with van der Waals surface area (Å²) in [5, 5.41) is 9.29. The summed E-state index contributed by atoms with van der Waals surface area (Å²) >= 11 is 0. The van der Waals surface area contributed by atoms with E-state index in [-0.39, 0.29) is 13.0 Å². The maximum absolute atomic E-state index is 11.6. The summed E-state index contributed by atoms with van der Waals surface area (Å²) in [6.45, 7) is 5.90. The molecule has 0 bridgehead atoms. The largest absolute Gasteiger partial charge is 0.481 e. The Kier molecular flexibility index (Phi) is 25.8. The van der Waals surface area contributed by atoms with Crippen molar-refractivity contribution in [2.75, 3.05) is 6.61 Å². The summed E-state index contributed by atoms with van der Waals surface area (Å²) in [5.41, 5.74) is 0. The van der Waals surface area contributed by atoms with E-state index < -0.39 is 17.9 Å². The lowest BCUT2D eigenvalue weighted by Gasteiger charge is -2.11. The molecule has 0 amide bonds. The van der Waals surface area contributed by atoms with E-state index in [0.717, 1.165) is 19.3 Å². The molecule has 1 atom stereocenters. The molecule has 0 aliphatic carbocycles. The summed E-state index contributed by atoms with van der Waals surface area (Å²) in [6.07, 6.45) is 32.6. The number of unbranched alkanes of at least 4 members (excludes halogenated alkanes) is 18. The predicted molar refractivity (Wildman–Crippen MR) is 149 cm³/mol. The van der Waals surface area contributed by atoms with Gasteiger partial charge in [0.05, 0.1) is 12.3 Å². The molecule has 0 aliphatic heterocycles. The van der Waals surface area contributed by atoms with Crippen LogP contribution in [-0.4, -0.2) is 23.7 Å². The van der Waals surface area contributed by atoms with E-state index in [1.165, 1.54) is 115 Å². The molecule has 0 heterocycles. The van der Waals surface area contributed by atoms with Gasteiger partial charge in [-0.15, -0.1) is 0 Å². The topological polar surface area (TPSA) is 63.6 Å². The Hall–Kier alpha value is -1.58. The molecule has 0 rings (SSSR count). The van der Waals surface area contributed by atoms with E-state index >= 15 is 0 Å². The van der Waals surface area contributed by atoms with Crippen molar-refractivity contribution >= 4 is 11.9 Å². The number of carbonyl (C=O) groups excluding carboxylic acids is 1. The molecule has 204 valence electrons. The minimum atomic E-state index is -0.905. The number of aliphatic carboxylic acids is 1. The fourth-order valence-corrected chi connectivity index (χ4v) is 4.42. The van der Waals surface area contributed by atoms with Crippen LogP contribution in [0.4, 0.5) is 0 Å². The minimum absolute atomic E-state index is 0.0448. The summed E-state index contributed by atoms with van der Waals surface area (Å²) in [6, 6.07) is 0. The summed E-state index contributed by atoms with van der Waals surface area (Å²) < 4.78 is 4.90. The van der Waals surface area contributed by atoms with Crippen molar-refractivity contribution in [1.29, 1.82) is 0 Å². The lowest BCUT2D eigenvalue weighted by molar-refractivity contribution is -0.151. The standard InChI is InChI=1S/C31H56O4/c1-3-5-6-7-8-9-10-11-12-13-14-15-16-17-18-19-20-21-22-23-24-25-26-29(31(33)34)28-30(32)35-27-4-2/h4,15-16,29H,2-3,5-14,17-28H2,1H3,(H,33,34)/b16-15+. The van der Waals surface area contributed by atoms with Crippen LogP contribution in [0.15, 0.2) is 24.8 Å². The number of hydrogen-bond donors (Lipinski definition) is 1. The third-order valence-electron chi connectivity index (χ3n) is 6.69. The van der Waals surface area contributed by atoms with Crippen LogP contribution in [0.25, 0.3) is 0 Å². The van der Waals surface area contributed by atoms with Crippen molar-refractivity contribution in [2.24, 2.45) is 5.92 Å². The number of hydrogen-bond acceptors (Lipinski definition) is 3. The monoisotopic (exact) mass is 492 g/mol. The van der Waals surface area contributed by atoms with Crippen LogP contribution < -0.4 is 0 Å². The zero-order valence-corrected chi connectivity index (χ0v) is 23.0. The summed E-state index contributed by atoms with van der Waals surface area (Å²) in [4.78, 5) is 22.9. The summed E-state index contributed by atoms with van der Waals surface area (Å²) in [5.74, 6) is -1.99. The zero-order chi connectivity index (χ0) is 25.8. The van der Waals surface area contributed by atoms with Crippen LogP contribution in [-0.2, 0) is 14.3 Å². The highest BCUT2D eigenvalue weighted by Gasteiger charge is 2.21. The van der Waals surface area contributed by atoms with Gasteiger partial charge in [-0.1, -0.05) is 134 Å². The Morgan fingerprint density at radius 1 is 0.714 bits per heavy atom. The molecule has 0 aromatic heterocycles. The average molecular weight is 493 g/mol. The third kappa shape index (κ3) is 25.3. The van der Waals surface area contributed by atoms with E-state index in [0.29, 0.717) is 6.42 Å². The minimum Gasteiger partial charge on any atom is -0.481 e. The molecular weight excluding hydrogens is 436 g/mol. The van der Waals surface area contributed by atoms with Crippen LogP contribution in [0.3, 0.4) is 0 Å². The quantitative estimate of drug-likeness (QED) is 0.0704. The second-order valence-corrected chi connectivity index (χ2v) is 10.1. The molecular formula is C31H56O4. The molecule has 0 spiro atoms. The van der Waals surface area contributed by atoms with E-state index in [2.05, 4.69) is 25.7 Å². The molecule has 4 nitrogen and oxygen atoms in total. The Labute approximate surface area is 217 Å². The van der Waals surface area contributed by atoms with Crippen molar-refractivity contribution in [3.05, 3.63) is 24.8 Å². The number of esters is 1. The SMILES string of the molecule is C=CCOC(=O)CC(CCCCCCCCCC/C=C/CCCCCCCCCCCC)C(=O)O. The number of allylic oxidation sites excluding steroid dienone is 2. The normalized spacial score (nSPS) is 12.1. The molecule has 0 fully saturated rings. The molecule has 4 heteroatoms. The van der Waals surface area contributed by atoms with Gasteiger partial charge in [-0.2, -0.15) is 0 Å². The van der Waals surface area contributed by atoms with Gasteiger partial charge >= 0.3 is 11.9 Å². The van der Waals surface area contributed by atoms with Crippen molar-refractivity contribution < 1.29 is 19.4 Å². The van der Waals surface area contributed by atoms with Crippen LogP contribution in [0, 0.1) is 5.92 Å². The number of ether oxygens (including phenoxy) is 1. The zero-order valence-electron chi connectivity index (χ0n) is 23.0. The molecule has 0 aromatic rings. The fraction of sp³-hybridized carbons (Fsp3) is 0.806. The first-order chi connectivity index (χ1) is 17.1. The van der Waals surface area contributed by atoms with Crippen molar-refractivity contribution in [2.45, 2.75) is 148 Å². The van der Waals surface area contributed by atoms with Crippen molar-refractivity contribution in [3.8, 4) is 0 Å². The van der Waals surface area contributed by atoms with E-state index in [4.69, 9.17) is 4.74 Å². The molecule has 1 N–H and O–H groups in total. The molecule has 0 radical (unpaired) electrons. The van der Waals surface area contributed by atoms with Gasteiger partial charge in [0, 0.05) is 0 Å². The molecule has 0 aliphatic rings. The Morgan fingerprint density at radius 3 is 1.57 bits per heavy atom. The number of carbonyl (C=O) groups is 2. The van der Waals surface area contributed by atoms with Crippen LogP contribution in [0.2, 0.25) is 0 Å². The lowest BCUT2D eigenvalue weighted by Crippen LogP contribution is -2.19. The van der Waals surface area contributed by atoms with Crippen molar-refractivity contribution in [3.63, 3.8) is 0 Å². The van der Waals surface area contributed by atoms with Crippen LogP contribution in [0.5, 0.6) is 0 Å². The average Bonchev–Trinajstić information content (AvgIpc) is 2.84.